The molecule has 0 saturated carbocycles. The van der Waals surface area contributed by atoms with Crippen molar-refractivity contribution >= 4 is 5.91 Å². The molecule has 1 N–H and O–H groups in total. The van der Waals surface area contributed by atoms with E-state index in [9.17, 15) is 18.0 Å². The van der Waals surface area contributed by atoms with E-state index in [2.05, 4.69) is 15.6 Å². The van der Waals surface area contributed by atoms with Gasteiger partial charge in [-0.3, -0.25) is 4.79 Å². The molecule has 1 aliphatic rings. The zero-order valence-electron chi connectivity index (χ0n) is 11.0. The van der Waals surface area contributed by atoms with E-state index >= 15 is 0 Å². The molecular formula is C11H16F3N5O. The number of hydrogen-bond donors (Lipinski definition) is 1. The number of aromatic nitrogens is 3. The molecule has 0 aromatic carbocycles. The second kappa shape index (κ2) is 5.78. The number of halogens is 3. The van der Waals surface area contributed by atoms with Gasteiger partial charge >= 0.3 is 6.18 Å². The molecule has 2 rings (SSSR count). The first-order valence-corrected chi connectivity index (χ1v) is 6.39. The van der Waals surface area contributed by atoms with E-state index in [0.29, 0.717) is 6.42 Å². The topological polar surface area (TPSA) is 63.1 Å². The van der Waals surface area contributed by atoms with Crippen LogP contribution < -0.4 is 5.32 Å². The van der Waals surface area contributed by atoms with E-state index in [1.807, 2.05) is 0 Å². The molecule has 1 aromatic heterocycles. The minimum atomic E-state index is -4.42. The normalized spacial score (nSPS) is 16.0. The Labute approximate surface area is 113 Å². The van der Waals surface area contributed by atoms with E-state index in [1.54, 1.807) is 6.92 Å². The molecule has 0 atom stereocenters. The van der Waals surface area contributed by atoms with Crippen LogP contribution >= 0.6 is 0 Å². The van der Waals surface area contributed by atoms with Gasteiger partial charge in [-0.2, -0.15) is 13.2 Å². The molecule has 0 radical (unpaired) electrons. The average molecular weight is 291 g/mol. The fourth-order valence-corrected chi connectivity index (χ4v) is 1.91. The lowest BCUT2D eigenvalue weighted by Crippen LogP contribution is -2.43. The second-order valence-electron chi connectivity index (χ2n) is 4.74. The zero-order valence-corrected chi connectivity index (χ0v) is 11.0. The van der Waals surface area contributed by atoms with Gasteiger partial charge < -0.3 is 10.2 Å². The molecule has 6 nitrogen and oxygen atoms in total. The van der Waals surface area contributed by atoms with Crippen LogP contribution in [0.2, 0.25) is 0 Å². The molecule has 0 aliphatic carbocycles. The molecule has 1 aromatic rings. The highest BCUT2D eigenvalue weighted by Crippen LogP contribution is 2.18. The highest BCUT2D eigenvalue weighted by molar-refractivity contribution is 5.91. The number of hydrogen-bond acceptors (Lipinski definition) is 4. The maximum Gasteiger partial charge on any atom is 0.406 e. The van der Waals surface area contributed by atoms with Gasteiger partial charge in [0.1, 0.15) is 6.54 Å². The van der Waals surface area contributed by atoms with Crippen LogP contribution in [0.25, 0.3) is 0 Å². The first-order chi connectivity index (χ1) is 9.40. The van der Waals surface area contributed by atoms with E-state index in [0.717, 1.165) is 18.0 Å². The summed E-state index contributed by atoms with van der Waals surface area (Å²) in [6.07, 6.45) is -2.56. The molecule has 0 bridgehead atoms. The Morgan fingerprint density at radius 2 is 2.25 bits per heavy atom. The van der Waals surface area contributed by atoms with E-state index in [4.69, 9.17) is 0 Å². The largest absolute Gasteiger partial charge is 0.406 e. The van der Waals surface area contributed by atoms with Crippen LogP contribution in [-0.2, 0) is 0 Å². The van der Waals surface area contributed by atoms with Crippen molar-refractivity contribution in [3.8, 4) is 0 Å². The summed E-state index contributed by atoms with van der Waals surface area (Å²) in [5.41, 5.74) is -0.0467. The quantitative estimate of drug-likeness (QED) is 0.873. The summed E-state index contributed by atoms with van der Waals surface area (Å²) < 4.78 is 38.9. The number of nitrogens with zero attached hydrogens (tertiary/aromatic N) is 4. The van der Waals surface area contributed by atoms with Gasteiger partial charge in [0.2, 0.25) is 0 Å². The minimum absolute atomic E-state index is 0.0379. The fraction of sp³-hybridized carbons (Fsp3) is 0.727. The molecule has 1 saturated heterocycles. The number of alkyl halides is 3. The van der Waals surface area contributed by atoms with E-state index in [-0.39, 0.29) is 18.3 Å². The molecule has 0 unspecified atom stereocenters. The van der Waals surface area contributed by atoms with Gasteiger partial charge in [-0.25, -0.2) is 4.68 Å². The van der Waals surface area contributed by atoms with Gasteiger partial charge in [0.05, 0.1) is 12.2 Å². The van der Waals surface area contributed by atoms with Crippen LogP contribution in [0.3, 0.4) is 0 Å². The van der Waals surface area contributed by atoms with Crippen LogP contribution in [-0.4, -0.2) is 58.2 Å². The third-order valence-corrected chi connectivity index (χ3v) is 3.01. The number of carbonyl (C=O) groups excluding carboxylic acids is 1. The van der Waals surface area contributed by atoms with E-state index < -0.39 is 18.6 Å². The average Bonchev–Trinajstić information content (AvgIpc) is 2.72. The fourth-order valence-electron chi connectivity index (χ4n) is 1.91. The summed E-state index contributed by atoms with van der Waals surface area (Å²) in [5, 5.41) is 10.5. The maximum absolute atomic E-state index is 12.5. The minimum Gasteiger partial charge on any atom is -0.328 e. The molecule has 2 heterocycles. The first kappa shape index (κ1) is 14.8. The van der Waals surface area contributed by atoms with Gasteiger partial charge in [-0.05, 0) is 6.42 Å². The van der Waals surface area contributed by atoms with Gasteiger partial charge in [0.25, 0.3) is 5.91 Å². The second-order valence-corrected chi connectivity index (χ2v) is 4.74. The lowest BCUT2D eigenvalue weighted by molar-refractivity contribution is -0.140. The summed E-state index contributed by atoms with van der Waals surface area (Å²) in [6, 6.07) is 0.117. The highest BCUT2D eigenvalue weighted by atomic mass is 19.4. The van der Waals surface area contributed by atoms with Crippen LogP contribution in [0.1, 0.15) is 29.9 Å². The predicted molar refractivity (Wildman–Crippen MR) is 64.2 cm³/mol. The van der Waals surface area contributed by atoms with Gasteiger partial charge in [-0.15, -0.1) is 5.10 Å². The molecule has 112 valence electrons. The molecule has 1 aliphatic heterocycles. The van der Waals surface area contributed by atoms with Crippen LogP contribution in [0.4, 0.5) is 13.2 Å². The number of carbonyl (C=O) groups is 1. The third-order valence-electron chi connectivity index (χ3n) is 3.01. The Morgan fingerprint density at radius 1 is 1.55 bits per heavy atom. The summed E-state index contributed by atoms with van der Waals surface area (Å²) in [5.74, 6) is -0.734. The smallest absolute Gasteiger partial charge is 0.328 e. The standard InChI is InChI=1S/C11H16F3N5O/c1-2-3-18(7-11(12,13)14)10(20)9-6-19(17-16-9)8-4-15-5-8/h6,8,15H,2-5,7H2,1H3. The summed E-state index contributed by atoms with van der Waals surface area (Å²) >= 11 is 0. The Morgan fingerprint density at radius 3 is 2.75 bits per heavy atom. The van der Waals surface area contributed by atoms with Crippen molar-refractivity contribution in [1.82, 2.24) is 25.2 Å². The molecule has 1 amide bonds. The number of amides is 1. The van der Waals surface area contributed by atoms with E-state index in [1.165, 1.54) is 10.9 Å². The summed E-state index contributed by atoms with van der Waals surface area (Å²) in [7, 11) is 0. The number of rotatable bonds is 5. The van der Waals surface area contributed by atoms with Crippen molar-refractivity contribution in [3.05, 3.63) is 11.9 Å². The summed E-state index contributed by atoms with van der Waals surface area (Å²) in [4.78, 5) is 12.8. The lowest BCUT2D eigenvalue weighted by Gasteiger charge is -2.26. The Bertz CT molecular complexity index is 469. The molecule has 1 fully saturated rings. The first-order valence-electron chi connectivity index (χ1n) is 6.39. The summed E-state index contributed by atoms with van der Waals surface area (Å²) in [6.45, 7) is 1.93. The Hall–Kier alpha value is -1.64. The predicted octanol–water partition coefficient (Wildman–Crippen LogP) is 0.837. The molecule has 9 heteroatoms. The van der Waals surface area contributed by atoms with Crippen molar-refractivity contribution in [2.45, 2.75) is 25.6 Å². The van der Waals surface area contributed by atoms with Gasteiger partial charge in [0.15, 0.2) is 5.69 Å². The van der Waals surface area contributed by atoms with Crippen molar-refractivity contribution in [1.29, 1.82) is 0 Å². The Kier molecular flexibility index (Phi) is 4.26. The number of nitrogens with one attached hydrogen (secondary N) is 1. The van der Waals surface area contributed by atoms with Crippen molar-refractivity contribution in [2.24, 2.45) is 0 Å². The van der Waals surface area contributed by atoms with Gasteiger partial charge in [0, 0.05) is 19.6 Å². The van der Waals surface area contributed by atoms with Crippen molar-refractivity contribution in [2.75, 3.05) is 26.2 Å². The monoisotopic (exact) mass is 291 g/mol. The van der Waals surface area contributed by atoms with Crippen LogP contribution in [0.15, 0.2) is 6.20 Å². The van der Waals surface area contributed by atoms with Crippen LogP contribution in [0, 0.1) is 0 Å². The van der Waals surface area contributed by atoms with Crippen LogP contribution in [0.5, 0.6) is 0 Å². The third kappa shape index (κ3) is 3.47. The molecule has 20 heavy (non-hydrogen) atoms. The van der Waals surface area contributed by atoms with Crippen molar-refractivity contribution in [3.63, 3.8) is 0 Å². The highest BCUT2D eigenvalue weighted by Gasteiger charge is 2.34. The molecular weight excluding hydrogens is 275 g/mol. The maximum atomic E-state index is 12.5. The van der Waals surface area contributed by atoms with Gasteiger partial charge in [-0.1, -0.05) is 12.1 Å². The zero-order chi connectivity index (χ0) is 14.8. The Balaban J connectivity index is 2.07. The SMILES string of the molecule is CCCN(CC(F)(F)F)C(=O)c1cn(C2CNC2)nn1. The lowest BCUT2D eigenvalue weighted by atomic mass is 10.2. The van der Waals surface area contributed by atoms with Crippen molar-refractivity contribution < 1.29 is 18.0 Å². The molecule has 0 spiro atoms.